The van der Waals surface area contributed by atoms with Gasteiger partial charge in [0.2, 0.25) is 0 Å². The molecule has 160 valence electrons. The Balaban J connectivity index is 1.62. The highest BCUT2D eigenvalue weighted by atomic mass is 32.2. The van der Waals surface area contributed by atoms with Crippen LogP contribution in [0.2, 0.25) is 0 Å². The van der Waals surface area contributed by atoms with Crippen molar-refractivity contribution in [1.82, 2.24) is 0 Å². The maximum atomic E-state index is 11.3. The van der Waals surface area contributed by atoms with Crippen molar-refractivity contribution < 1.29 is 34.9 Å². The first-order valence-corrected chi connectivity index (χ1v) is 12.2. The van der Waals surface area contributed by atoms with E-state index in [1.807, 2.05) is 6.92 Å². The van der Waals surface area contributed by atoms with Crippen LogP contribution in [0.4, 0.5) is 0 Å². The highest BCUT2D eigenvalue weighted by Gasteiger charge is 3.00. The maximum Gasteiger partial charge on any atom is 0.169 e. The van der Waals surface area contributed by atoms with Gasteiger partial charge in [0, 0.05) is 39.9 Å². The molecule has 0 aromatic rings. The third-order valence-corrected chi connectivity index (χ3v) is 12.0. The molecule has 4 N–H and O–H groups in total. The lowest BCUT2D eigenvalue weighted by molar-refractivity contribution is -0.354. The lowest BCUT2D eigenvalue weighted by atomic mass is 9.56. The fraction of sp³-hybridized carbons (Fsp3) is 1.00. The second kappa shape index (κ2) is 6.23. The predicted molar refractivity (Wildman–Crippen MR) is 105 cm³/mol. The van der Waals surface area contributed by atoms with Crippen LogP contribution in [0.5, 0.6) is 0 Å². The van der Waals surface area contributed by atoms with Gasteiger partial charge in [0.15, 0.2) is 11.4 Å². The van der Waals surface area contributed by atoms with Crippen LogP contribution in [0.1, 0.15) is 33.1 Å². The number of hydrogen-bond donors (Lipinski definition) is 4. The van der Waals surface area contributed by atoms with E-state index in [1.165, 1.54) is 0 Å². The summed E-state index contributed by atoms with van der Waals surface area (Å²) >= 11 is 3.30. The third-order valence-electron chi connectivity index (χ3n) is 8.79. The summed E-state index contributed by atoms with van der Waals surface area (Å²) in [6.07, 6.45) is 1.74. The summed E-state index contributed by atoms with van der Waals surface area (Å²) in [5, 5.41) is 40.3. The second-order valence-electron chi connectivity index (χ2n) is 9.25. The monoisotopic (exact) mass is 434 g/mol. The van der Waals surface area contributed by atoms with E-state index in [9.17, 15) is 20.6 Å². The summed E-state index contributed by atoms with van der Waals surface area (Å²) in [6, 6.07) is 0. The van der Waals surface area contributed by atoms with Gasteiger partial charge in [-0.15, -0.1) is 11.8 Å². The molecule has 1 spiro atoms. The van der Waals surface area contributed by atoms with E-state index >= 15 is 0 Å². The van der Waals surface area contributed by atoms with Gasteiger partial charge in [-0.2, -0.15) is 11.8 Å². The molecule has 9 heteroatoms. The number of ether oxygens (including phenoxy) is 2. The zero-order valence-electron chi connectivity index (χ0n) is 16.3. The number of thioether (sulfide) groups is 2. The molecule has 7 nitrogen and oxygen atoms in total. The van der Waals surface area contributed by atoms with Gasteiger partial charge in [0.05, 0.1) is 36.8 Å². The Morgan fingerprint density at radius 2 is 1.96 bits per heavy atom. The first kappa shape index (κ1) is 20.3. The van der Waals surface area contributed by atoms with Gasteiger partial charge in [0.1, 0.15) is 0 Å². The number of rotatable bonds is 7. The van der Waals surface area contributed by atoms with Crippen molar-refractivity contribution in [2.24, 2.45) is 16.7 Å². The fourth-order valence-corrected chi connectivity index (χ4v) is 10.8. The lowest BCUT2D eigenvalue weighted by Crippen LogP contribution is -2.66. The minimum atomic E-state index is -1.24. The molecule has 5 fully saturated rings. The van der Waals surface area contributed by atoms with Crippen LogP contribution in [0.25, 0.3) is 0 Å². The molecule has 9 unspecified atom stereocenters. The highest BCUT2D eigenvalue weighted by Crippen LogP contribution is 2.90. The van der Waals surface area contributed by atoms with Gasteiger partial charge in [-0.25, -0.2) is 4.89 Å². The van der Waals surface area contributed by atoms with Gasteiger partial charge in [-0.05, 0) is 12.8 Å². The van der Waals surface area contributed by atoms with Crippen molar-refractivity contribution in [3.63, 3.8) is 0 Å². The van der Waals surface area contributed by atoms with Crippen molar-refractivity contribution in [3.8, 4) is 0 Å². The third kappa shape index (κ3) is 1.88. The van der Waals surface area contributed by atoms with Crippen LogP contribution >= 0.6 is 23.5 Å². The molecule has 3 saturated carbocycles. The number of aliphatic hydroxyl groups excluding tert-OH is 2. The molecule has 9 atom stereocenters. The van der Waals surface area contributed by atoms with E-state index in [-0.39, 0.29) is 41.3 Å². The molecule has 2 saturated heterocycles. The molecule has 0 amide bonds. The highest BCUT2D eigenvalue weighted by molar-refractivity contribution is 8.01. The molecule has 0 aromatic heterocycles. The van der Waals surface area contributed by atoms with Crippen LogP contribution in [0.15, 0.2) is 0 Å². The van der Waals surface area contributed by atoms with Crippen LogP contribution in [0.3, 0.4) is 0 Å². The van der Waals surface area contributed by atoms with Crippen molar-refractivity contribution in [3.05, 3.63) is 0 Å². The smallest absolute Gasteiger partial charge is 0.169 e. The van der Waals surface area contributed by atoms with Crippen molar-refractivity contribution in [2.75, 3.05) is 31.3 Å². The van der Waals surface area contributed by atoms with E-state index in [0.717, 1.165) is 12.8 Å². The van der Waals surface area contributed by atoms with Crippen LogP contribution in [-0.2, 0) is 14.4 Å². The van der Waals surface area contributed by atoms with Crippen molar-refractivity contribution >= 4 is 23.5 Å². The van der Waals surface area contributed by atoms with Crippen molar-refractivity contribution in [1.29, 1.82) is 0 Å². The zero-order valence-corrected chi connectivity index (χ0v) is 17.9. The molecule has 28 heavy (non-hydrogen) atoms. The molecule has 5 aliphatic rings. The lowest BCUT2D eigenvalue weighted by Gasteiger charge is -2.57. The average Bonchev–Trinajstić information content (AvgIpc) is 2.95. The van der Waals surface area contributed by atoms with Crippen molar-refractivity contribution in [2.45, 2.75) is 66.7 Å². The van der Waals surface area contributed by atoms with Crippen LogP contribution in [-0.4, -0.2) is 85.5 Å². The molecule has 5 rings (SSSR count). The van der Waals surface area contributed by atoms with Gasteiger partial charge >= 0.3 is 0 Å². The number of hydrogen-bond acceptors (Lipinski definition) is 9. The topological polar surface area (TPSA) is 109 Å². The standard InChI is InChI=1S/C19H30O7S2/c1-11-13(27-7-5-20)14-16(9-17(11,22)24-10-16)15(2)18(28-8-6-21)4-3-12(25-14)19(15,18)26-23/h11-14,20-23H,3-10H2,1-2H3. The van der Waals surface area contributed by atoms with Gasteiger partial charge in [0.25, 0.3) is 0 Å². The average molecular weight is 435 g/mol. The number of aliphatic hydroxyl groups is 3. The summed E-state index contributed by atoms with van der Waals surface area (Å²) < 4.78 is 12.4. The molecule has 2 bridgehead atoms. The summed E-state index contributed by atoms with van der Waals surface area (Å²) in [7, 11) is 0. The summed E-state index contributed by atoms with van der Waals surface area (Å²) in [4.78, 5) is 5.30. The van der Waals surface area contributed by atoms with E-state index in [2.05, 4.69) is 6.92 Å². The minimum absolute atomic E-state index is 0.0105. The normalized spacial score (nSPS) is 58.5. The quantitative estimate of drug-likeness (QED) is 0.346. The summed E-state index contributed by atoms with van der Waals surface area (Å²) in [6.45, 7) is 4.67. The second-order valence-corrected chi connectivity index (χ2v) is 11.9. The zero-order chi connectivity index (χ0) is 20.0. The van der Waals surface area contributed by atoms with E-state index in [1.54, 1.807) is 23.5 Å². The SMILES string of the molecule is CC1C(SCCO)C2OC3CCC4(SCCO)C3(OO)C4(C)C23COC1(O)C3. The summed E-state index contributed by atoms with van der Waals surface area (Å²) in [5.41, 5.74) is -1.75. The Hall–Kier alpha value is 0.420. The van der Waals surface area contributed by atoms with Crippen LogP contribution < -0.4 is 0 Å². The van der Waals surface area contributed by atoms with E-state index in [0.29, 0.717) is 24.5 Å². The first-order chi connectivity index (χ1) is 13.3. The Kier molecular flexibility index (Phi) is 4.52. The maximum absolute atomic E-state index is 11.3. The van der Waals surface area contributed by atoms with Gasteiger partial charge < -0.3 is 24.8 Å². The minimum Gasteiger partial charge on any atom is -0.396 e. The number of fused-ring (bicyclic) bond motifs is 2. The molecule has 3 aliphatic carbocycles. The molecule has 2 aliphatic heterocycles. The Morgan fingerprint density at radius 3 is 2.64 bits per heavy atom. The largest absolute Gasteiger partial charge is 0.396 e. The Morgan fingerprint density at radius 1 is 1.21 bits per heavy atom. The molecule has 2 heterocycles. The molecule has 0 aromatic carbocycles. The summed E-state index contributed by atoms with van der Waals surface area (Å²) in [5.74, 6) is -0.222. The van der Waals surface area contributed by atoms with E-state index < -0.39 is 22.2 Å². The van der Waals surface area contributed by atoms with Gasteiger partial charge in [-0.3, -0.25) is 5.26 Å². The first-order valence-electron chi connectivity index (χ1n) is 10.2. The Bertz CT molecular complexity index is 668. The molecule has 0 radical (unpaired) electrons. The molecular formula is C19H30O7S2. The Labute approximate surface area is 173 Å². The van der Waals surface area contributed by atoms with Gasteiger partial charge in [-0.1, -0.05) is 13.8 Å². The molecular weight excluding hydrogens is 404 g/mol. The fourth-order valence-electron chi connectivity index (χ4n) is 7.54. The van der Waals surface area contributed by atoms with Crippen LogP contribution in [0, 0.1) is 16.7 Å². The predicted octanol–water partition coefficient (Wildman–Crippen LogP) is 1.10. The van der Waals surface area contributed by atoms with E-state index in [4.69, 9.17) is 14.4 Å².